The Morgan fingerprint density at radius 1 is 1.37 bits per heavy atom. The van der Waals surface area contributed by atoms with Gasteiger partial charge >= 0.3 is 5.97 Å². The van der Waals surface area contributed by atoms with Crippen LogP contribution in [0.1, 0.15) is 43.2 Å². The summed E-state index contributed by atoms with van der Waals surface area (Å²) >= 11 is 0. The van der Waals surface area contributed by atoms with Gasteiger partial charge in [-0.3, -0.25) is 9.59 Å². The molecule has 0 saturated heterocycles. The van der Waals surface area contributed by atoms with Crippen LogP contribution in [0, 0.1) is 12.8 Å². The molecule has 0 aromatic heterocycles. The van der Waals surface area contributed by atoms with Gasteiger partial charge in [0.1, 0.15) is 5.78 Å². The van der Waals surface area contributed by atoms with Crippen LogP contribution in [0.2, 0.25) is 0 Å². The third-order valence-electron chi connectivity index (χ3n) is 3.84. The Labute approximate surface area is 114 Å². The van der Waals surface area contributed by atoms with Crippen LogP contribution in [0.4, 0.5) is 0 Å². The summed E-state index contributed by atoms with van der Waals surface area (Å²) < 4.78 is 5.16. The van der Waals surface area contributed by atoms with Gasteiger partial charge < -0.3 is 4.74 Å². The van der Waals surface area contributed by atoms with Crippen molar-refractivity contribution < 1.29 is 14.3 Å². The highest BCUT2D eigenvalue weighted by Gasteiger charge is 2.36. The van der Waals surface area contributed by atoms with Gasteiger partial charge in [-0.2, -0.15) is 0 Å². The fourth-order valence-electron chi connectivity index (χ4n) is 2.87. The average molecular weight is 260 g/mol. The van der Waals surface area contributed by atoms with Crippen molar-refractivity contribution in [3.8, 4) is 0 Å². The van der Waals surface area contributed by atoms with E-state index in [-0.39, 0.29) is 23.6 Å². The minimum atomic E-state index is -0.182. The van der Waals surface area contributed by atoms with Crippen molar-refractivity contribution in [3.05, 3.63) is 35.4 Å². The predicted molar refractivity (Wildman–Crippen MR) is 72.9 cm³/mol. The molecule has 1 fully saturated rings. The van der Waals surface area contributed by atoms with Crippen molar-refractivity contribution in [1.82, 2.24) is 0 Å². The van der Waals surface area contributed by atoms with E-state index in [2.05, 4.69) is 0 Å². The topological polar surface area (TPSA) is 43.4 Å². The minimum Gasteiger partial charge on any atom is -0.466 e. The first kappa shape index (κ1) is 13.8. The maximum atomic E-state index is 12.1. The maximum Gasteiger partial charge on any atom is 0.309 e. The number of hydrogen-bond donors (Lipinski definition) is 0. The summed E-state index contributed by atoms with van der Waals surface area (Å²) in [5.41, 5.74) is 2.24. The van der Waals surface area contributed by atoms with E-state index in [1.54, 1.807) is 0 Å². The molecule has 3 nitrogen and oxygen atoms in total. The second-order valence-electron chi connectivity index (χ2n) is 5.10. The first-order valence-corrected chi connectivity index (χ1v) is 6.87. The van der Waals surface area contributed by atoms with E-state index >= 15 is 0 Å². The summed E-state index contributed by atoms with van der Waals surface area (Å²) in [5.74, 6) is -0.127. The number of benzene rings is 1. The zero-order valence-corrected chi connectivity index (χ0v) is 11.5. The maximum absolute atomic E-state index is 12.1. The number of carbonyl (C=O) groups is 2. The molecule has 2 rings (SSSR count). The molecule has 0 amide bonds. The van der Waals surface area contributed by atoms with Gasteiger partial charge in [0.05, 0.1) is 12.5 Å². The van der Waals surface area contributed by atoms with E-state index in [0.29, 0.717) is 25.9 Å². The summed E-state index contributed by atoms with van der Waals surface area (Å²) in [6, 6.07) is 7.98. The molecule has 1 aromatic rings. The molecule has 1 aliphatic carbocycles. The van der Waals surface area contributed by atoms with Crippen LogP contribution in [0.5, 0.6) is 0 Å². The van der Waals surface area contributed by atoms with Gasteiger partial charge in [-0.05, 0) is 31.4 Å². The first-order valence-electron chi connectivity index (χ1n) is 6.87. The van der Waals surface area contributed by atoms with Crippen LogP contribution in [-0.2, 0) is 14.3 Å². The molecule has 3 heteroatoms. The second kappa shape index (κ2) is 6.00. The molecule has 102 valence electrons. The van der Waals surface area contributed by atoms with E-state index in [0.717, 1.165) is 11.1 Å². The highest BCUT2D eigenvalue weighted by atomic mass is 16.5. The Bertz CT molecular complexity index is 479. The molecular formula is C16H20O3. The minimum absolute atomic E-state index is 0.0264. The Balaban J connectivity index is 2.29. The summed E-state index contributed by atoms with van der Waals surface area (Å²) in [6.07, 6.45) is 1.55. The summed E-state index contributed by atoms with van der Waals surface area (Å²) in [5, 5.41) is 0. The molecule has 0 bridgehead atoms. The van der Waals surface area contributed by atoms with E-state index < -0.39 is 0 Å². The van der Waals surface area contributed by atoms with Gasteiger partial charge in [0.15, 0.2) is 0 Å². The quantitative estimate of drug-likeness (QED) is 0.785. The lowest BCUT2D eigenvalue weighted by Crippen LogP contribution is -2.31. The number of hydrogen-bond acceptors (Lipinski definition) is 3. The fraction of sp³-hybridized carbons (Fsp3) is 0.500. The number of Topliss-reactive ketones (excluding diaryl/α,β-unsaturated/α-hetero) is 1. The Morgan fingerprint density at radius 3 is 2.79 bits per heavy atom. The SMILES string of the molecule is CCOC(=O)C1CCC(=O)CC1c1ccccc1C. The Hall–Kier alpha value is -1.64. The first-order chi connectivity index (χ1) is 9.13. The summed E-state index contributed by atoms with van der Waals surface area (Å²) in [7, 11) is 0. The molecule has 0 aliphatic heterocycles. The molecular weight excluding hydrogens is 240 g/mol. The largest absolute Gasteiger partial charge is 0.466 e. The number of rotatable bonds is 3. The molecule has 0 N–H and O–H groups in total. The zero-order valence-electron chi connectivity index (χ0n) is 11.5. The van der Waals surface area contributed by atoms with E-state index in [4.69, 9.17) is 4.74 Å². The molecule has 0 radical (unpaired) electrons. The lowest BCUT2D eigenvalue weighted by atomic mass is 9.74. The van der Waals surface area contributed by atoms with Crippen molar-refractivity contribution in [2.45, 2.75) is 39.0 Å². The van der Waals surface area contributed by atoms with Crippen LogP contribution < -0.4 is 0 Å². The van der Waals surface area contributed by atoms with E-state index in [1.165, 1.54) is 0 Å². The van der Waals surface area contributed by atoms with E-state index in [9.17, 15) is 9.59 Å². The van der Waals surface area contributed by atoms with Crippen LogP contribution in [0.15, 0.2) is 24.3 Å². The standard InChI is InChI=1S/C16H20O3/c1-3-19-16(18)14-9-8-12(17)10-15(14)13-7-5-4-6-11(13)2/h4-7,14-15H,3,8-10H2,1-2H3. The summed E-state index contributed by atoms with van der Waals surface area (Å²) in [4.78, 5) is 23.8. The second-order valence-corrected chi connectivity index (χ2v) is 5.10. The lowest BCUT2D eigenvalue weighted by Gasteiger charge is -2.30. The van der Waals surface area contributed by atoms with Crippen molar-refractivity contribution in [2.75, 3.05) is 6.61 Å². The van der Waals surface area contributed by atoms with Crippen LogP contribution in [0.25, 0.3) is 0 Å². The third-order valence-corrected chi connectivity index (χ3v) is 3.84. The number of ketones is 1. The molecule has 2 unspecified atom stereocenters. The number of ether oxygens (including phenoxy) is 1. The van der Waals surface area contributed by atoms with Gasteiger partial charge in [0, 0.05) is 18.8 Å². The monoisotopic (exact) mass is 260 g/mol. The van der Waals surface area contributed by atoms with Crippen LogP contribution in [0.3, 0.4) is 0 Å². The molecule has 0 heterocycles. The lowest BCUT2D eigenvalue weighted by molar-refractivity contribution is -0.150. The van der Waals surface area contributed by atoms with Crippen molar-refractivity contribution in [1.29, 1.82) is 0 Å². The Morgan fingerprint density at radius 2 is 2.11 bits per heavy atom. The van der Waals surface area contributed by atoms with Crippen molar-refractivity contribution in [3.63, 3.8) is 0 Å². The molecule has 0 spiro atoms. The van der Waals surface area contributed by atoms with Crippen molar-refractivity contribution >= 4 is 11.8 Å². The number of aryl methyl sites for hydroxylation is 1. The smallest absolute Gasteiger partial charge is 0.309 e. The molecule has 19 heavy (non-hydrogen) atoms. The van der Waals surface area contributed by atoms with Gasteiger partial charge in [-0.1, -0.05) is 24.3 Å². The van der Waals surface area contributed by atoms with Crippen LogP contribution in [-0.4, -0.2) is 18.4 Å². The van der Waals surface area contributed by atoms with Gasteiger partial charge in [0.25, 0.3) is 0 Å². The van der Waals surface area contributed by atoms with Gasteiger partial charge in [-0.15, -0.1) is 0 Å². The van der Waals surface area contributed by atoms with E-state index in [1.807, 2.05) is 38.1 Å². The van der Waals surface area contributed by atoms with Crippen LogP contribution >= 0.6 is 0 Å². The normalized spacial score (nSPS) is 23.2. The zero-order chi connectivity index (χ0) is 13.8. The van der Waals surface area contributed by atoms with Crippen molar-refractivity contribution in [2.24, 2.45) is 5.92 Å². The average Bonchev–Trinajstić information content (AvgIpc) is 2.39. The molecule has 2 atom stereocenters. The summed E-state index contributed by atoms with van der Waals surface area (Å²) in [6.45, 7) is 4.23. The highest BCUT2D eigenvalue weighted by Crippen LogP contribution is 2.38. The predicted octanol–water partition coefficient (Wildman–Crippen LogP) is 3.01. The molecule has 1 saturated carbocycles. The number of esters is 1. The fourth-order valence-corrected chi connectivity index (χ4v) is 2.87. The van der Waals surface area contributed by atoms with Gasteiger partial charge in [-0.25, -0.2) is 0 Å². The Kier molecular flexibility index (Phi) is 4.35. The highest BCUT2D eigenvalue weighted by molar-refractivity contribution is 5.84. The third kappa shape index (κ3) is 3.03. The van der Waals surface area contributed by atoms with Gasteiger partial charge in [0.2, 0.25) is 0 Å². The molecule has 1 aromatic carbocycles. The molecule has 1 aliphatic rings. The number of carbonyl (C=O) groups excluding carboxylic acids is 2.